The molecular weight excluding hydrogens is 234 g/mol. The molecule has 0 spiro atoms. The summed E-state index contributed by atoms with van der Waals surface area (Å²) in [5.74, 6) is 0.153. The number of amides is 1. The Labute approximate surface area is 113 Å². The molecule has 2 heteroatoms. The average molecular weight is 251 g/mol. The van der Waals surface area contributed by atoms with Gasteiger partial charge in [0, 0.05) is 5.69 Å². The molecule has 0 saturated carbocycles. The first-order valence-electron chi connectivity index (χ1n) is 6.67. The molecule has 0 aromatic heterocycles. The maximum Gasteiger partial charge on any atom is 0.234 e. The molecule has 19 heavy (non-hydrogen) atoms. The van der Waals surface area contributed by atoms with E-state index >= 15 is 0 Å². The minimum Gasteiger partial charge on any atom is -0.304 e. The van der Waals surface area contributed by atoms with Crippen LogP contribution in [-0.4, -0.2) is 5.91 Å². The summed E-state index contributed by atoms with van der Waals surface area (Å²) in [5, 5.41) is 0. The largest absolute Gasteiger partial charge is 0.304 e. The summed E-state index contributed by atoms with van der Waals surface area (Å²) in [6, 6.07) is 18.3. The fourth-order valence-electron chi connectivity index (χ4n) is 2.81. The van der Waals surface area contributed by atoms with Crippen molar-refractivity contribution in [2.75, 3.05) is 4.90 Å². The molecule has 2 nitrogen and oxygen atoms in total. The van der Waals surface area contributed by atoms with E-state index in [0.717, 1.165) is 11.3 Å². The molecule has 1 heterocycles. The Morgan fingerprint density at radius 1 is 1.00 bits per heavy atom. The number of rotatable bonds is 2. The Balaban J connectivity index is 2.04. The highest BCUT2D eigenvalue weighted by molar-refractivity contribution is 6.05. The van der Waals surface area contributed by atoms with Crippen molar-refractivity contribution >= 4 is 11.6 Å². The van der Waals surface area contributed by atoms with Crippen molar-refractivity contribution in [2.45, 2.75) is 25.8 Å². The monoisotopic (exact) mass is 251 g/mol. The van der Waals surface area contributed by atoms with E-state index in [0.29, 0.717) is 0 Å². The van der Waals surface area contributed by atoms with Gasteiger partial charge in [-0.05, 0) is 31.0 Å². The third kappa shape index (κ3) is 1.84. The van der Waals surface area contributed by atoms with E-state index < -0.39 is 0 Å². The second kappa shape index (κ2) is 4.54. The second-order valence-corrected chi connectivity index (χ2v) is 5.08. The molecule has 0 unspecified atom stereocenters. The van der Waals surface area contributed by atoms with Crippen LogP contribution in [0.2, 0.25) is 0 Å². The summed E-state index contributed by atoms with van der Waals surface area (Å²) in [5.41, 5.74) is 3.35. The van der Waals surface area contributed by atoms with Gasteiger partial charge in [0.25, 0.3) is 0 Å². The smallest absolute Gasteiger partial charge is 0.234 e. The number of nitrogens with zero attached hydrogens (tertiary/aromatic N) is 1. The van der Waals surface area contributed by atoms with E-state index in [-0.39, 0.29) is 17.9 Å². The van der Waals surface area contributed by atoms with Crippen molar-refractivity contribution < 1.29 is 4.79 Å². The van der Waals surface area contributed by atoms with Gasteiger partial charge in [0.05, 0.1) is 12.0 Å². The maximum absolute atomic E-state index is 12.5. The van der Waals surface area contributed by atoms with Gasteiger partial charge in [-0.25, -0.2) is 0 Å². The average Bonchev–Trinajstić information content (AvgIpc) is 2.72. The molecule has 0 fully saturated rings. The molecule has 3 rings (SSSR count). The number of benzene rings is 2. The lowest BCUT2D eigenvalue weighted by molar-refractivity contribution is -0.119. The Morgan fingerprint density at radius 3 is 2.37 bits per heavy atom. The number of fused-ring (bicyclic) bond motifs is 1. The summed E-state index contributed by atoms with van der Waals surface area (Å²) in [7, 11) is 0. The summed E-state index contributed by atoms with van der Waals surface area (Å²) >= 11 is 0. The first kappa shape index (κ1) is 12.0. The SMILES string of the molecule is C[C@@H]1C(=O)N([C@@H](C)c2ccccc2)c2ccccc21. The van der Waals surface area contributed by atoms with Gasteiger partial charge in [-0.15, -0.1) is 0 Å². The van der Waals surface area contributed by atoms with Crippen molar-refractivity contribution in [3.8, 4) is 0 Å². The quantitative estimate of drug-likeness (QED) is 0.792. The van der Waals surface area contributed by atoms with E-state index in [2.05, 4.69) is 25.1 Å². The van der Waals surface area contributed by atoms with Crippen LogP contribution < -0.4 is 4.90 Å². The number of hydrogen-bond acceptors (Lipinski definition) is 1. The molecule has 0 bridgehead atoms. The molecule has 0 aliphatic carbocycles. The molecule has 2 aromatic carbocycles. The van der Waals surface area contributed by atoms with Crippen LogP contribution in [0, 0.1) is 0 Å². The lowest BCUT2D eigenvalue weighted by atomic mass is 10.0. The first-order chi connectivity index (χ1) is 9.20. The zero-order valence-corrected chi connectivity index (χ0v) is 11.2. The van der Waals surface area contributed by atoms with Crippen LogP contribution in [0.3, 0.4) is 0 Å². The van der Waals surface area contributed by atoms with E-state index in [9.17, 15) is 4.79 Å². The highest BCUT2D eigenvalue weighted by Gasteiger charge is 2.36. The summed E-state index contributed by atoms with van der Waals surface area (Å²) in [6.07, 6.45) is 0. The van der Waals surface area contributed by atoms with Gasteiger partial charge >= 0.3 is 0 Å². The molecule has 1 amide bonds. The van der Waals surface area contributed by atoms with Gasteiger partial charge in [0.2, 0.25) is 5.91 Å². The standard InChI is InChI=1S/C17H17NO/c1-12-15-10-6-7-11-16(15)18(17(12)19)13(2)14-8-4-3-5-9-14/h3-13H,1-2H3/t12-,13-/m0/s1. The predicted octanol–water partition coefficient (Wildman–Crippen LogP) is 3.90. The van der Waals surface area contributed by atoms with E-state index in [1.165, 1.54) is 5.56 Å². The van der Waals surface area contributed by atoms with Gasteiger partial charge < -0.3 is 4.90 Å². The Morgan fingerprint density at radius 2 is 1.63 bits per heavy atom. The van der Waals surface area contributed by atoms with Crippen LogP contribution in [0.1, 0.15) is 36.9 Å². The van der Waals surface area contributed by atoms with Crippen LogP contribution in [0.15, 0.2) is 54.6 Å². The minimum absolute atomic E-state index is 0.0395. The Bertz CT molecular complexity index is 606. The highest BCUT2D eigenvalue weighted by atomic mass is 16.2. The predicted molar refractivity (Wildman–Crippen MR) is 77.2 cm³/mol. The van der Waals surface area contributed by atoms with Crippen LogP contribution in [0.25, 0.3) is 0 Å². The molecule has 2 atom stereocenters. The first-order valence-corrected chi connectivity index (χ1v) is 6.67. The van der Waals surface area contributed by atoms with Crippen LogP contribution in [-0.2, 0) is 4.79 Å². The third-order valence-corrected chi connectivity index (χ3v) is 3.94. The van der Waals surface area contributed by atoms with Crippen molar-refractivity contribution in [3.63, 3.8) is 0 Å². The number of para-hydroxylation sites is 1. The van der Waals surface area contributed by atoms with Gasteiger partial charge in [0.1, 0.15) is 0 Å². The van der Waals surface area contributed by atoms with Crippen LogP contribution in [0.5, 0.6) is 0 Å². The van der Waals surface area contributed by atoms with E-state index in [1.54, 1.807) is 0 Å². The molecule has 0 N–H and O–H groups in total. The minimum atomic E-state index is -0.0395. The molecule has 2 aromatic rings. The van der Waals surface area contributed by atoms with Gasteiger partial charge in [-0.3, -0.25) is 4.79 Å². The highest BCUT2D eigenvalue weighted by Crippen LogP contribution is 2.41. The second-order valence-electron chi connectivity index (χ2n) is 5.08. The number of carbonyl (C=O) groups is 1. The van der Waals surface area contributed by atoms with Crippen LogP contribution in [0.4, 0.5) is 5.69 Å². The van der Waals surface area contributed by atoms with Crippen molar-refractivity contribution in [1.82, 2.24) is 0 Å². The molecular formula is C17H17NO. The third-order valence-electron chi connectivity index (χ3n) is 3.94. The molecule has 0 saturated heterocycles. The zero-order valence-electron chi connectivity index (χ0n) is 11.2. The van der Waals surface area contributed by atoms with Gasteiger partial charge in [0.15, 0.2) is 0 Å². The summed E-state index contributed by atoms with van der Waals surface area (Å²) < 4.78 is 0. The normalized spacial score (nSPS) is 19.4. The van der Waals surface area contributed by atoms with Crippen molar-refractivity contribution in [3.05, 3.63) is 65.7 Å². The lowest BCUT2D eigenvalue weighted by Gasteiger charge is -2.26. The Hall–Kier alpha value is -2.09. The fraction of sp³-hybridized carbons (Fsp3) is 0.235. The molecule has 96 valence electrons. The summed E-state index contributed by atoms with van der Waals surface area (Å²) in [4.78, 5) is 14.4. The van der Waals surface area contributed by atoms with Crippen molar-refractivity contribution in [2.24, 2.45) is 0 Å². The Kier molecular flexibility index (Phi) is 2.86. The van der Waals surface area contributed by atoms with E-state index in [1.807, 2.05) is 48.2 Å². The number of carbonyl (C=O) groups excluding carboxylic acids is 1. The van der Waals surface area contributed by atoms with Gasteiger partial charge in [-0.2, -0.15) is 0 Å². The molecule has 1 aliphatic heterocycles. The lowest BCUT2D eigenvalue weighted by Crippen LogP contribution is -2.30. The topological polar surface area (TPSA) is 20.3 Å². The number of hydrogen-bond donors (Lipinski definition) is 0. The molecule has 1 aliphatic rings. The number of anilines is 1. The van der Waals surface area contributed by atoms with Crippen LogP contribution >= 0.6 is 0 Å². The van der Waals surface area contributed by atoms with Gasteiger partial charge in [-0.1, -0.05) is 48.5 Å². The zero-order chi connectivity index (χ0) is 13.4. The molecule has 0 radical (unpaired) electrons. The maximum atomic E-state index is 12.5. The van der Waals surface area contributed by atoms with Crippen molar-refractivity contribution in [1.29, 1.82) is 0 Å². The fourth-order valence-corrected chi connectivity index (χ4v) is 2.81. The summed E-state index contributed by atoms with van der Waals surface area (Å²) in [6.45, 7) is 4.07. The van der Waals surface area contributed by atoms with E-state index in [4.69, 9.17) is 0 Å².